The van der Waals surface area contributed by atoms with Crippen LogP contribution in [0.4, 0.5) is 22.0 Å². The third kappa shape index (κ3) is 6.78. The van der Waals surface area contributed by atoms with Crippen molar-refractivity contribution in [3.05, 3.63) is 78.2 Å². The summed E-state index contributed by atoms with van der Waals surface area (Å²) in [6.07, 6.45) is 3.35. The summed E-state index contributed by atoms with van der Waals surface area (Å²) in [7, 11) is 3.68. The van der Waals surface area contributed by atoms with Crippen molar-refractivity contribution >= 4 is 29.2 Å². The van der Waals surface area contributed by atoms with Gasteiger partial charge in [0.15, 0.2) is 0 Å². The first kappa shape index (κ1) is 24.7. The normalized spacial score (nSPS) is 11.0. The Hall–Kier alpha value is -3.94. The van der Waals surface area contributed by atoms with Crippen molar-refractivity contribution in [2.45, 2.75) is 32.8 Å². The minimum Gasteiger partial charge on any atom is -0.443 e. The molecule has 178 valence electrons. The average Bonchev–Trinajstić information content (AvgIpc) is 2.79. The number of hydrogen-bond donors (Lipinski definition) is 1. The molecule has 0 aliphatic heterocycles. The van der Waals surface area contributed by atoms with E-state index < -0.39 is 11.7 Å². The number of hydrogen-bond acceptors (Lipinski definition) is 6. The molecule has 0 aliphatic rings. The molecule has 8 nitrogen and oxygen atoms in total. The molecule has 3 aromatic rings. The molecule has 0 bridgehead atoms. The van der Waals surface area contributed by atoms with E-state index in [4.69, 9.17) is 4.74 Å². The van der Waals surface area contributed by atoms with E-state index in [0.717, 1.165) is 11.4 Å². The third-order valence-electron chi connectivity index (χ3n) is 4.80. The fraction of sp³-hybridized carbons (Fsp3) is 0.308. The molecule has 34 heavy (non-hydrogen) atoms. The zero-order chi connectivity index (χ0) is 24.7. The predicted octanol–water partition coefficient (Wildman–Crippen LogP) is 4.78. The van der Waals surface area contributed by atoms with Crippen LogP contribution >= 0.6 is 0 Å². The van der Waals surface area contributed by atoms with E-state index >= 15 is 0 Å². The number of amides is 2. The van der Waals surface area contributed by atoms with E-state index in [1.807, 2.05) is 71.3 Å². The summed E-state index contributed by atoms with van der Waals surface area (Å²) in [6.45, 7) is 5.89. The highest BCUT2D eigenvalue weighted by molar-refractivity contribution is 6.07. The van der Waals surface area contributed by atoms with Crippen molar-refractivity contribution in [2.24, 2.45) is 0 Å². The Morgan fingerprint density at radius 1 is 0.971 bits per heavy atom. The number of benzene rings is 1. The molecule has 0 saturated carbocycles. The van der Waals surface area contributed by atoms with Crippen LogP contribution in [0.15, 0.2) is 67.0 Å². The average molecular weight is 462 g/mol. The molecule has 8 heteroatoms. The Balaban J connectivity index is 1.74. The number of anilines is 3. The summed E-state index contributed by atoms with van der Waals surface area (Å²) < 4.78 is 5.60. The van der Waals surface area contributed by atoms with Crippen molar-refractivity contribution < 1.29 is 14.3 Å². The van der Waals surface area contributed by atoms with Crippen LogP contribution in [0, 0.1) is 0 Å². The smallest absolute Gasteiger partial charge is 0.414 e. The molecule has 0 atom stereocenters. The minimum absolute atomic E-state index is 0.256. The lowest BCUT2D eigenvalue weighted by molar-refractivity contribution is 0.0580. The molecule has 0 spiro atoms. The number of rotatable bonds is 7. The first-order chi connectivity index (χ1) is 16.1. The van der Waals surface area contributed by atoms with Gasteiger partial charge >= 0.3 is 6.09 Å². The molecule has 0 saturated heterocycles. The SMILES string of the molecule is CN(C)c1ncccc1C(=O)Nc1ccnc(CCN(C(=O)OC(C)(C)C)c2ccccc2)c1. The largest absolute Gasteiger partial charge is 0.443 e. The molecule has 3 rings (SSSR count). The molecule has 0 aliphatic carbocycles. The fourth-order valence-electron chi connectivity index (χ4n) is 3.30. The lowest BCUT2D eigenvalue weighted by Crippen LogP contribution is -2.38. The standard InChI is InChI=1S/C26H31N5O3/c1-26(2,3)34-25(33)31(21-10-7-6-8-11-21)17-14-19-18-20(13-16-27-19)29-24(32)22-12-9-15-28-23(22)30(4)5/h6-13,15-16,18H,14,17H2,1-5H3,(H,27,29,32). The number of ether oxygens (including phenoxy) is 1. The maximum absolute atomic E-state index is 12.9. The van der Waals surface area contributed by atoms with Crippen molar-refractivity contribution in [1.82, 2.24) is 9.97 Å². The molecule has 2 heterocycles. The van der Waals surface area contributed by atoms with Crippen LogP contribution in [0.5, 0.6) is 0 Å². The second-order valence-electron chi connectivity index (χ2n) is 8.98. The first-order valence-electron chi connectivity index (χ1n) is 11.1. The Morgan fingerprint density at radius 3 is 2.38 bits per heavy atom. The lowest BCUT2D eigenvalue weighted by atomic mass is 10.2. The number of nitrogens with zero attached hydrogens (tertiary/aromatic N) is 4. The summed E-state index contributed by atoms with van der Waals surface area (Å²) in [6, 6.07) is 16.4. The van der Waals surface area contributed by atoms with Crippen LogP contribution in [0.1, 0.15) is 36.8 Å². The van der Waals surface area contributed by atoms with Gasteiger partial charge in [0, 0.05) is 56.5 Å². The molecule has 1 N–H and O–H groups in total. The van der Waals surface area contributed by atoms with Gasteiger partial charge in [0.25, 0.3) is 5.91 Å². The van der Waals surface area contributed by atoms with Crippen LogP contribution < -0.4 is 15.1 Å². The zero-order valence-corrected chi connectivity index (χ0v) is 20.3. The van der Waals surface area contributed by atoms with E-state index in [0.29, 0.717) is 30.0 Å². The Labute approximate surface area is 200 Å². The zero-order valence-electron chi connectivity index (χ0n) is 20.3. The van der Waals surface area contributed by atoms with Crippen LogP contribution in [-0.2, 0) is 11.2 Å². The minimum atomic E-state index is -0.607. The molecule has 1 aromatic carbocycles. The predicted molar refractivity (Wildman–Crippen MR) is 134 cm³/mol. The molecule has 2 amide bonds. The summed E-state index contributed by atoms with van der Waals surface area (Å²) in [4.78, 5) is 37.8. The van der Waals surface area contributed by atoms with Crippen molar-refractivity contribution in [2.75, 3.05) is 35.8 Å². The fourth-order valence-corrected chi connectivity index (χ4v) is 3.30. The van der Waals surface area contributed by atoms with Crippen LogP contribution in [0.25, 0.3) is 0 Å². The molecule has 0 radical (unpaired) electrons. The maximum Gasteiger partial charge on any atom is 0.414 e. The van der Waals surface area contributed by atoms with E-state index in [-0.39, 0.29) is 5.91 Å². The summed E-state index contributed by atoms with van der Waals surface area (Å²) in [5.74, 6) is 0.332. The van der Waals surface area contributed by atoms with E-state index in [1.54, 1.807) is 40.4 Å². The van der Waals surface area contributed by atoms with Crippen molar-refractivity contribution in [1.29, 1.82) is 0 Å². The van der Waals surface area contributed by atoms with Crippen LogP contribution in [0.2, 0.25) is 0 Å². The van der Waals surface area contributed by atoms with Crippen molar-refractivity contribution in [3.8, 4) is 0 Å². The number of para-hydroxylation sites is 1. The van der Waals surface area contributed by atoms with Crippen molar-refractivity contribution in [3.63, 3.8) is 0 Å². The van der Waals surface area contributed by atoms with Gasteiger partial charge in [0.1, 0.15) is 11.4 Å². The van der Waals surface area contributed by atoms with Gasteiger partial charge in [0.2, 0.25) is 0 Å². The number of carbonyl (C=O) groups excluding carboxylic acids is 2. The Bertz CT molecular complexity index is 1130. The highest BCUT2D eigenvalue weighted by Crippen LogP contribution is 2.20. The van der Waals surface area contributed by atoms with Gasteiger partial charge in [-0.15, -0.1) is 0 Å². The van der Waals surface area contributed by atoms with Gasteiger partial charge < -0.3 is 15.0 Å². The highest BCUT2D eigenvalue weighted by atomic mass is 16.6. The number of aromatic nitrogens is 2. The number of carbonyl (C=O) groups is 2. The van der Waals surface area contributed by atoms with E-state index in [1.165, 1.54) is 0 Å². The molecule has 2 aromatic heterocycles. The van der Waals surface area contributed by atoms with Gasteiger partial charge in [-0.25, -0.2) is 9.78 Å². The van der Waals surface area contributed by atoms with Crippen LogP contribution in [0.3, 0.4) is 0 Å². The van der Waals surface area contributed by atoms with Crippen LogP contribution in [-0.4, -0.2) is 48.2 Å². The van der Waals surface area contributed by atoms with Gasteiger partial charge in [-0.3, -0.25) is 14.7 Å². The van der Waals surface area contributed by atoms with E-state index in [2.05, 4.69) is 15.3 Å². The van der Waals surface area contributed by atoms with E-state index in [9.17, 15) is 9.59 Å². The van der Waals surface area contributed by atoms with Gasteiger partial charge in [-0.05, 0) is 57.2 Å². The number of nitrogens with one attached hydrogen (secondary N) is 1. The summed E-state index contributed by atoms with van der Waals surface area (Å²) in [5, 5.41) is 2.92. The maximum atomic E-state index is 12.9. The van der Waals surface area contributed by atoms with Gasteiger partial charge in [0.05, 0.1) is 5.56 Å². The second-order valence-corrected chi connectivity index (χ2v) is 8.98. The lowest BCUT2D eigenvalue weighted by Gasteiger charge is -2.27. The Morgan fingerprint density at radius 2 is 1.71 bits per heavy atom. The quantitative estimate of drug-likeness (QED) is 0.545. The number of pyridine rings is 2. The monoisotopic (exact) mass is 461 g/mol. The van der Waals surface area contributed by atoms with Gasteiger partial charge in [-0.1, -0.05) is 18.2 Å². The molecule has 0 unspecified atom stereocenters. The van der Waals surface area contributed by atoms with Gasteiger partial charge in [-0.2, -0.15) is 0 Å². The first-order valence-corrected chi connectivity index (χ1v) is 11.1. The topological polar surface area (TPSA) is 87.7 Å². The second kappa shape index (κ2) is 10.8. The summed E-state index contributed by atoms with van der Waals surface area (Å²) >= 11 is 0. The molecular weight excluding hydrogens is 430 g/mol. The highest BCUT2D eigenvalue weighted by Gasteiger charge is 2.23. The Kier molecular flexibility index (Phi) is 7.83. The summed E-state index contributed by atoms with van der Waals surface area (Å²) in [5.41, 5.74) is 1.97. The third-order valence-corrected chi connectivity index (χ3v) is 4.80. The molecule has 0 fully saturated rings. The molecular formula is C26H31N5O3.